The molecule has 1 fully saturated rings. The molecule has 0 aliphatic heterocycles. The molecule has 1 aliphatic carbocycles. The molecule has 0 atom stereocenters. The molecule has 0 spiro atoms. The third-order valence-electron chi connectivity index (χ3n) is 4.50. The van der Waals surface area contributed by atoms with Crippen LogP contribution in [0.1, 0.15) is 36.5 Å². The second-order valence-corrected chi connectivity index (χ2v) is 6.62. The Morgan fingerprint density at radius 2 is 1.81 bits per heavy atom. The molecule has 0 N–H and O–H groups in total. The van der Waals surface area contributed by atoms with Gasteiger partial charge >= 0.3 is 0 Å². The first kappa shape index (κ1) is 18.8. The summed E-state index contributed by atoms with van der Waals surface area (Å²) < 4.78 is 5.49. The van der Waals surface area contributed by atoms with Gasteiger partial charge in [-0.3, -0.25) is 9.59 Å². The lowest BCUT2D eigenvalue weighted by Crippen LogP contribution is -2.22. The fourth-order valence-corrected chi connectivity index (χ4v) is 2.75. The number of Topliss-reactive ketones (excluding diaryl/α,β-unsaturated/α-hetero) is 2. The van der Waals surface area contributed by atoms with Gasteiger partial charge in [-0.1, -0.05) is 35.0 Å². The largest absolute Gasteiger partial charge is 0.476 e. The van der Waals surface area contributed by atoms with E-state index in [9.17, 15) is 9.59 Å². The van der Waals surface area contributed by atoms with Crippen LogP contribution in [-0.2, 0) is 21.0 Å². The summed E-state index contributed by atoms with van der Waals surface area (Å²) in [4.78, 5) is 32.8. The van der Waals surface area contributed by atoms with E-state index in [1.807, 2.05) is 44.2 Å². The Kier molecular flexibility index (Phi) is 5.96. The van der Waals surface area contributed by atoms with Gasteiger partial charge in [-0.05, 0) is 25.5 Å². The van der Waals surface area contributed by atoms with Gasteiger partial charge in [0.1, 0.15) is 30.7 Å². The van der Waals surface area contributed by atoms with Crippen molar-refractivity contribution in [2.45, 2.75) is 33.3 Å². The minimum absolute atomic E-state index is 0.0506. The molecule has 1 aromatic heterocycles. The number of hydrogen-bond acceptors (Lipinski definition) is 6. The number of rotatable bonds is 7. The van der Waals surface area contributed by atoms with Crippen molar-refractivity contribution >= 4 is 17.3 Å². The predicted molar refractivity (Wildman–Crippen MR) is 101 cm³/mol. The van der Waals surface area contributed by atoms with Crippen molar-refractivity contribution < 1.29 is 19.2 Å². The summed E-state index contributed by atoms with van der Waals surface area (Å²) in [7, 11) is 0. The highest BCUT2D eigenvalue weighted by Crippen LogP contribution is 2.19. The van der Waals surface area contributed by atoms with Gasteiger partial charge in [-0.15, -0.1) is 0 Å². The van der Waals surface area contributed by atoms with Gasteiger partial charge < -0.3 is 9.57 Å². The van der Waals surface area contributed by atoms with Gasteiger partial charge in [0, 0.05) is 30.7 Å². The van der Waals surface area contributed by atoms with Gasteiger partial charge in [0.15, 0.2) is 0 Å². The minimum Gasteiger partial charge on any atom is -0.476 e. The van der Waals surface area contributed by atoms with E-state index < -0.39 is 5.92 Å². The fraction of sp³-hybridized carbons (Fsp3) is 0.333. The highest BCUT2D eigenvalue weighted by Gasteiger charge is 2.33. The number of ether oxygens (including phenoxy) is 1. The Morgan fingerprint density at radius 3 is 2.44 bits per heavy atom. The van der Waals surface area contributed by atoms with Crippen molar-refractivity contribution in [3.63, 3.8) is 0 Å². The topological polar surface area (TPSA) is 77.9 Å². The van der Waals surface area contributed by atoms with Crippen molar-refractivity contribution in [2.75, 3.05) is 6.61 Å². The number of ketones is 2. The molecule has 1 saturated carbocycles. The van der Waals surface area contributed by atoms with Crippen LogP contribution >= 0.6 is 0 Å². The Balaban J connectivity index is 1.52. The number of benzene rings is 1. The lowest BCUT2D eigenvalue weighted by atomic mass is 10.1. The zero-order chi connectivity index (χ0) is 19.2. The molecule has 0 bridgehead atoms. The first-order valence-corrected chi connectivity index (χ1v) is 8.89. The maximum Gasteiger partial charge on any atom is 0.213 e. The van der Waals surface area contributed by atoms with Crippen LogP contribution in [0.5, 0.6) is 5.88 Å². The van der Waals surface area contributed by atoms with E-state index in [1.165, 1.54) is 5.56 Å². The summed E-state index contributed by atoms with van der Waals surface area (Å²) in [6.07, 6.45) is 2.26. The van der Waals surface area contributed by atoms with E-state index in [-0.39, 0.29) is 18.2 Å². The number of carbonyl (C=O) groups is 2. The molecule has 0 radical (unpaired) electrons. The first-order chi connectivity index (χ1) is 13.0. The molecular formula is C21H22N2O4. The van der Waals surface area contributed by atoms with E-state index in [4.69, 9.17) is 9.57 Å². The summed E-state index contributed by atoms with van der Waals surface area (Å²) >= 11 is 0. The van der Waals surface area contributed by atoms with E-state index in [0.717, 1.165) is 11.1 Å². The van der Waals surface area contributed by atoms with Crippen LogP contribution in [0.3, 0.4) is 0 Å². The molecule has 3 rings (SSSR count). The van der Waals surface area contributed by atoms with Gasteiger partial charge in [-0.2, -0.15) is 0 Å². The fourth-order valence-electron chi connectivity index (χ4n) is 2.75. The van der Waals surface area contributed by atoms with Crippen molar-refractivity contribution in [2.24, 2.45) is 11.1 Å². The molecule has 27 heavy (non-hydrogen) atoms. The second kappa shape index (κ2) is 8.58. The zero-order valence-electron chi connectivity index (χ0n) is 15.5. The highest BCUT2D eigenvalue weighted by molar-refractivity contribution is 6.08. The van der Waals surface area contributed by atoms with E-state index in [2.05, 4.69) is 10.1 Å². The number of carbonyl (C=O) groups excluding carboxylic acids is 2. The summed E-state index contributed by atoms with van der Waals surface area (Å²) in [6, 6.07) is 11.6. The van der Waals surface area contributed by atoms with E-state index >= 15 is 0 Å². The van der Waals surface area contributed by atoms with Crippen molar-refractivity contribution in [1.29, 1.82) is 0 Å². The molecular weight excluding hydrogens is 344 g/mol. The quantitative estimate of drug-likeness (QED) is 0.427. The molecule has 6 heteroatoms. The van der Waals surface area contributed by atoms with Gasteiger partial charge in [0.05, 0.1) is 5.71 Å². The molecule has 1 aromatic carbocycles. The zero-order valence-corrected chi connectivity index (χ0v) is 15.5. The molecule has 6 nitrogen and oxygen atoms in total. The number of aromatic nitrogens is 1. The minimum atomic E-state index is -0.648. The maximum absolute atomic E-state index is 11.6. The van der Waals surface area contributed by atoms with Crippen molar-refractivity contribution in [3.8, 4) is 5.88 Å². The van der Waals surface area contributed by atoms with Crippen LogP contribution in [0.25, 0.3) is 0 Å². The molecule has 1 heterocycles. The summed E-state index contributed by atoms with van der Waals surface area (Å²) in [5, 5.41) is 4.12. The van der Waals surface area contributed by atoms with Crippen LogP contribution in [-0.4, -0.2) is 28.9 Å². The van der Waals surface area contributed by atoms with Crippen molar-refractivity contribution in [1.82, 2.24) is 4.98 Å². The molecule has 0 saturated heterocycles. The molecule has 2 aromatic rings. The van der Waals surface area contributed by atoms with E-state index in [0.29, 0.717) is 31.0 Å². The summed E-state index contributed by atoms with van der Waals surface area (Å²) in [5.74, 6) is -0.375. The van der Waals surface area contributed by atoms with Crippen LogP contribution in [0.15, 0.2) is 47.8 Å². The van der Waals surface area contributed by atoms with Crippen LogP contribution < -0.4 is 4.74 Å². The third-order valence-corrected chi connectivity index (χ3v) is 4.50. The van der Waals surface area contributed by atoms with Gasteiger partial charge in [-0.25, -0.2) is 4.98 Å². The first-order valence-electron chi connectivity index (χ1n) is 8.89. The Morgan fingerprint density at radius 1 is 1.11 bits per heavy atom. The summed E-state index contributed by atoms with van der Waals surface area (Å²) in [6.45, 7) is 4.33. The van der Waals surface area contributed by atoms with Crippen LogP contribution in [0, 0.1) is 12.8 Å². The number of pyridine rings is 1. The normalized spacial score (nSPS) is 15.3. The predicted octanol–water partition coefficient (Wildman–Crippen LogP) is 3.26. The number of hydrogen-bond donors (Lipinski definition) is 0. The monoisotopic (exact) mass is 366 g/mol. The number of aryl methyl sites for hydroxylation is 1. The van der Waals surface area contributed by atoms with Crippen LogP contribution in [0.2, 0.25) is 0 Å². The van der Waals surface area contributed by atoms with Gasteiger partial charge in [0.2, 0.25) is 5.88 Å². The third kappa shape index (κ3) is 5.00. The standard InChI is InChI=1S/C21H22N2O4/c1-14-3-5-16(6-4-14)12-27-23-15(2)17-7-10-21(22-11-17)26-13-18-19(24)8-9-20(18)25/h3-7,10-11,18H,8-9,12-13H2,1-2H3/b23-15+. The molecule has 140 valence electrons. The molecule has 0 amide bonds. The van der Waals surface area contributed by atoms with Crippen LogP contribution in [0.4, 0.5) is 0 Å². The Labute approximate surface area is 158 Å². The lowest BCUT2D eigenvalue weighted by molar-refractivity contribution is -0.128. The maximum atomic E-state index is 11.6. The second-order valence-electron chi connectivity index (χ2n) is 6.62. The smallest absolute Gasteiger partial charge is 0.213 e. The van der Waals surface area contributed by atoms with E-state index in [1.54, 1.807) is 12.3 Å². The number of oxime groups is 1. The lowest BCUT2D eigenvalue weighted by Gasteiger charge is -2.09. The average Bonchev–Trinajstić information content (AvgIpc) is 3.00. The Bertz CT molecular complexity index is 825. The summed E-state index contributed by atoms with van der Waals surface area (Å²) in [5.41, 5.74) is 3.75. The number of nitrogens with zero attached hydrogens (tertiary/aromatic N) is 2. The Hall–Kier alpha value is -3.02. The molecule has 1 aliphatic rings. The average molecular weight is 366 g/mol. The van der Waals surface area contributed by atoms with Crippen molar-refractivity contribution in [3.05, 3.63) is 59.3 Å². The SMILES string of the molecule is C/C(=N\OCc1ccc(C)cc1)c1ccc(OCC2C(=O)CCC2=O)nc1. The highest BCUT2D eigenvalue weighted by atomic mass is 16.6. The van der Waals surface area contributed by atoms with Gasteiger partial charge in [0.25, 0.3) is 0 Å². The molecule has 0 unspecified atom stereocenters.